The van der Waals surface area contributed by atoms with Crippen LogP contribution >= 0.6 is 11.6 Å². The summed E-state index contributed by atoms with van der Waals surface area (Å²) >= 11 is 5.97. The Morgan fingerprint density at radius 2 is 1.76 bits per heavy atom. The van der Waals surface area contributed by atoms with Crippen molar-refractivity contribution in [2.24, 2.45) is 11.8 Å². The smallest absolute Gasteiger partial charge is 0.408 e. The van der Waals surface area contributed by atoms with Gasteiger partial charge in [-0.25, -0.2) is 4.79 Å². The second kappa shape index (κ2) is 15.0. The highest BCUT2D eigenvalue weighted by Crippen LogP contribution is 2.43. The molecule has 2 aromatic carbocycles. The predicted molar refractivity (Wildman–Crippen MR) is 162 cm³/mol. The molecular formula is C32H39ClF2N4O6. The highest BCUT2D eigenvalue weighted by Gasteiger charge is 2.46. The van der Waals surface area contributed by atoms with Gasteiger partial charge in [0.05, 0.1) is 6.04 Å². The molecule has 0 bridgehead atoms. The molecule has 0 spiro atoms. The molecule has 1 saturated carbocycles. The van der Waals surface area contributed by atoms with Crippen molar-refractivity contribution in [3.8, 4) is 0 Å². The van der Waals surface area contributed by atoms with Gasteiger partial charge in [0.25, 0.3) is 5.91 Å². The van der Waals surface area contributed by atoms with Crippen LogP contribution in [0.4, 0.5) is 13.6 Å². The van der Waals surface area contributed by atoms with E-state index in [-0.39, 0.29) is 41.3 Å². The first-order chi connectivity index (χ1) is 21.3. The average molecular weight is 649 g/mol. The summed E-state index contributed by atoms with van der Waals surface area (Å²) in [5.74, 6) is -6.08. The number of rotatable bonds is 14. The second-order valence-corrected chi connectivity index (χ2v) is 12.4. The number of halogens is 3. The van der Waals surface area contributed by atoms with Crippen LogP contribution in [0.3, 0.4) is 0 Å². The summed E-state index contributed by atoms with van der Waals surface area (Å²) in [5.41, 5.74) is -0.451. The molecule has 4 rings (SSSR count). The van der Waals surface area contributed by atoms with E-state index in [1.807, 2.05) is 0 Å². The molecule has 1 heterocycles. The number of hydrogen-bond donors (Lipinski definition) is 5. The Hall–Kier alpha value is -3.77. The van der Waals surface area contributed by atoms with Crippen LogP contribution in [0.5, 0.6) is 0 Å². The van der Waals surface area contributed by atoms with Gasteiger partial charge in [-0.15, -0.1) is 0 Å². The summed E-state index contributed by atoms with van der Waals surface area (Å²) in [6.07, 6.45) is -2.91. The minimum Gasteiger partial charge on any atom is -0.434 e. The fourth-order valence-corrected chi connectivity index (χ4v) is 5.43. The Morgan fingerprint density at radius 3 is 2.36 bits per heavy atom. The zero-order valence-electron chi connectivity index (χ0n) is 25.1. The van der Waals surface area contributed by atoms with E-state index >= 15 is 8.78 Å². The van der Waals surface area contributed by atoms with Crippen molar-refractivity contribution in [2.75, 3.05) is 6.54 Å². The highest BCUT2D eigenvalue weighted by atomic mass is 35.5. The van der Waals surface area contributed by atoms with Crippen molar-refractivity contribution in [1.29, 1.82) is 0 Å². The van der Waals surface area contributed by atoms with Gasteiger partial charge in [0.2, 0.25) is 11.8 Å². The molecule has 0 radical (unpaired) electrons. The van der Waals surface area contributed by atoms with Crippen molar-refractivity contribution in [2.45, 2.75) is 82.2 Å². The lowest BCUT2D eigenvalue weighted by Crippen LogP contribution is -2.56. The van der Waals surface area contributed by atoms with E-state index in [1.165, 1.54) is 42.5 Å². The van der Waals surface area contributed by atoms with Gasteiger partial charge >= 0.3 is 12.0 Å². The summed E-state index contributed by atoms with van der Waals surface area (Å²) in [4.78, 5) is 51.7. The van der Waals surface area contributed by atoms with Gasteiger partial charge in [0.15, 0.2) is 12.2 Å². The number of aliphatic hydroxyl groups excluding tert-OH is 1. The van der Waals surface area contributed by atoms with E-state index in [4.69, 9.17) is 16.3 Å². The highest BCUT2D eigenvalue weighted by molar-refractivity contribution is 6.30. The monoisotopic (exact) mass is 648 g/mol. The van der Waals surface area contributed by atoms with E-state index in [9.17, 15) is 24.3 Å². The van der Waals surface area contributed by atoms with Gasteiger partial charge in [0.1, 0.15) is 6.04 Å². The largest absolute Gasteiger partial charge is 0.434 e. The van der Waals surface area contributed by atoms with Crippen LogP contribution in [-0.4, -0.2) is 59.7 Å². The van der Waals surface area contributed by atoms with E-state index in [0.29, 0.717) is 13.0 Å². The Morgan fingerprint density at radius 1 is 1.04 bits per heavy atom. The fraction of sp³-hybridized carbons (Fsp3) is 0.500. The maximum absolute atomic E-state index is 15.9. The van der Waals surface area contributed by atoms with Gasteiger partial charge in [-0.05, 0) is 55.7 Å². The minimum absolute atomic E-state index is 0.0159. The average Bonchev–Trinajstić information content (AvgIpc) is 3.73. The first-order valence-electron chi connectivity index (χ1n) is 15.1. The molecule has 2 aromatic rings. The number of alkyl halides is 2. The zero-order chi connectivity index (χ0) is 32.7. The standard InChI is InChI=1S/C32H39ClF2N4O6/c1-18(2)15-25(29(42)38-24(16-20-13-14-36-28(20)41)26(40)30(43)37-23-11-12-23)39-31(44)45-27(19-7-4-3-5-8-19)32(34,35)21-9-6-10-22(33)17-21/h3-10,17-18,20,23-27,40H,11-16H2,1-2H3,(H,36,41)(H,37,43)(H,38,42)(H,39,44)/t20-,24-,25-,26?,27-/m0/s1. The molecule has 2 fully saturated rings. The number of aliphatic hydroxyl groups is 1. The number of alkyl carbamates (subject to hydrolysis) is 1. The number of nitrogens with one attached hydrogen (secondary N) is 4. The maximum Gasteiger partial charge on any atom is 0.408 e. The number of benzene rings is 2. The van der Waals surface area contributed by atoms with Gasteiger partial charge in [-0.3, -0.25) is 14.4 Å². The van der Waals surface area contributed by atoms with Crippen LogP contribution in [-0.2, 0) is 25.0 Å². The number of carbonyl (C=O) groups is 4. The Kier molecular flexibility index (Phi) is 11.4. The first-order valence-corrected chi connectivity index (χ1v) is 15.5. The van der Waals surface area contributed by atoms with Crippen molar-refractivity contribution in [3.63, 3.8) is 0 Å². The van der Waals surface area contributed by atoms with Crippen LogP contribution < -0.4 is 21.3 Å². The topological polar surface area (TPSA) is 146 Å². The molecule has 244 valence electrons. The lowest BCUT2D eigenvalue weighted by molar-refractivity contribution is -0.134. The summed E-state index contributed by atoms with van der Waals surface area (Å²) < 4.78 is 37.1. The molecule has 45 heavy (non-hydrogen) atoms. The molecule has 10 nitrogen and oxygen atoms in total. The summed E-state index contributed by atoms with van der Waals surface area (Å²) in [6, 6.07) is 10.1. The molecule has 1 unspecified atom stereocenters. The quantitative estimate of drug-likeness (QED) is 0.210. The van der Waals surface area contributed by atoms with Gasteiger partial charge in [-0.1, -0.05) is 67.9 Å². The van der Waals surface area contributed by atoms with Crippen molar-refractivity contribution < 1.29 is 37.8 Å². The van der Waals surface area contributed by atoms with Crippen LogP contribution in [0.15, 0.2) is 54.6 Å². The fourth-order valence-electron chi connectivity index (χ4n) is 5.24. The maximum atomic E-state index is 15.9. The molecular weight excluding hydrogens is 610 g/mol. The van der Waals surface area contributed by atoms with E-state index in [2.05, 4.69) is 21.3 Å². The molecule has 0 aromatic heterocycles. The third kappa shape index (κ3) is 9.37. The van der Waals surface area contributed by atoms with Crippen molar-refractivity contribution >= 4 is 35.4 Å². The lowest BCUT2D eigenvalue weighted by Gasteiger charge is -2.30. The summed E-state index contributed by atoms with van der Waals surface area (Å²) in [7, 11) is 0. The number of amides is 4. The van der Waals surface area contributed by atoms with E-state index in [1.54, 1.807) is 19.9 Å². The molecule has 1 aliphatic carbocycles. The third-order valence-electron chi connectivity index (χ3n) is 7.78. The minimum atomic E-state index is -3.70. The normalized spacial score (nSPS) is 19.2. The molecule has 13 heteroatoms. The Balaban J connectivity index is 1.52. The van der Waals surface area contributed by atoms with Crippen LogP contribution in [0.1, 0.15) is 63.2 Å². The summed E-state index contributed by atoms with van der Waals surface area (Å²) in [6.45, 7) is 4.03. The number of carbonyl (C=O) groups excluding carboxylic acids is 4. The van der Waals surface area contributed by atoms with Crippen molar-refractivity contribution in [1.82, 2.24) is 21.3 Å². The molecule has 1 aliphatic heterocycles. The van der Waals surface area contributed by atoms with Crippen LogP contribution in [0.2, 0.25) is 5.02 Å². The van der Waals surface area contributed by atoms with E-state index < -0.39 is 59.6 Å². The van der Waals surface area contributed by atoms with Crippen LogP contribution in [0.25, 0.3) is 0 Å². The lowest BCUT2D eigenvalue weighted by atomic mass is 9.93. The predicted octanol–water partition coefficient (Wildman–Crippen LogP) is 3.96. The molecule has 1 saturated heterocycles. The number of hydrogen-bond acceptors (Lipinski definition) is 6. The first kappa shape index (κ1) is 34.1. The third-order valence-corrected chi connectivity index (χ3v) is 8.02. The zero-order valence-corrected chi connectivity index (χ0v) is 25.9. The Labute approximate surface area is 265 Å². The molecule has 5 N–H and O–H groups in total. The molecule has 2 aliphatic rings. The van der Waals surface area contributed by atoms with Gasteiger partial charge < -0.3 is 31.1 Å². The van der Waals surface area contributed by atoms with Crippen LogP contribution in [0, 0.1) is 11.8 Å². The summed E-state index contributed by atoms with van der Waals surface area (Å²) in [5, 5.41) is 21.4. The molecule has 5 atom stereocenters. The van der Waals surface area contributed by atoms with Crippen molar-refractivity contribution in [3.05, 3.63) is 70.7 Å². The second-order valence-electron chi connectivity index (χ2n) is 12.0. The Bertz CT molecular complexity index is 1360. The molecule has 4 amide bonds. The number of ether oxygens (including phenoxy) is 1. The van der Waals surface area contributed by atoms with Gasteiger partial charge in [0, 0.05) is 29.1 Å². The van der Waals surface area contributed by atoms with E-state index in [0.717, 1.165) is 18.9 Å². The van der Waals surface area contributed by atoms with Gasteiger partial charge in [-0.2, -0.15) is 8.78 Å². The SMILES string of the molecule is CC(C)C[C@H](NC(=O)O[C@@H](c1ccccc1)C(F)(F)c1cccc(Cl)c1)C(=O)N[C@@H](C[C@@H]1CCNC1=O)C(O)C(=O)NC1CC1.